The Labute approximate surface area is 115 Å². The Morgan fingerprint density at radius 2 is 2.21 bits per heavy atom. The highest BCUT2D eigenvalue weighted by molar-refractivity contribution is 5.81. The Kier molecular flexibility index (Phi) is 5.70. The molecule has 0 aliphatic rings. The topological polar surface area (TPSA) is 45.2 Å². The Balaban J connectivity index is 2.65. The second-order valence-electron chi connectivity index (χ2n) is 4.90. The highest BCUT2D eigenvalue weighted by Gasteiger charge is 2.17. The molecule has 0 aliphatic carbocycles. The van der Waals surface area contributed by atoms with E-state index in [0.29, 0.717) is 13.1 Å². The zero-order valence-corrected chi connectivity index (χ0v) is 12.2. The van der Waals surface area contributed by atoms with Crippen molar-refractivity contribution < 1.29 is 4.79 Å². The SMILES string of the molecule is C=CCNC(=O)C(C)N(C)Cc1cc(C)cc(C)n1. The molecule has 1 aromatic rings. The van der Waals surface area contributed by atoms with Crippen molar-refractivity contribution in [3.05, 3.63) is 41.7 Å². The van der Waals surface area contributed by atoms with E-state index in [-0.39, 0.29) is 11.9 Å². The standard InChI is InChI=1S/C15H23N3O/c1-6-7-16-15(19)13(4)18(5)10-14-9-11(2)8-12(3)17-14/h6,8-9,13H,1,7,10H2,2-5H3,(H,16,19). The molecule has 0 saturated carbocycles. The highest BCUT2D eigenvalue weighted by Crippen LogP contribution is 2.08. The Bertz CT molecular complexity index is 436. The largest absolute Gasteiger partial charge is 0.351 e. The van der Waals surface area contributed by atoms with Crippen LogP contribution in [-0.2, 0) is 11.3 Å². The molecule has 0 aromatic carbocycles. The van der Waals surface area contributed by atoms with E-state index in [0.717, 1.165) is 11.4 Å². The van der Waals surface area contributed by atoms with Gasteiger partial charge >= 0.3 is 0 Å². The van der Waals surface area contributed by atoms with Gasteiger partial charge in [0.15, 0.2) is 0 Å². The van der Waals surface area contributed by atoms with Gasteiger partial charge in [-0.1, -0.05) is 6.08 Å². The first kappa shape index (κ1) is 15.4. The Morgan fingerprint density at radius 3 is 2.79 bits per heavy atom. The van der Waals surface area contributed by atoms with E-state index >= 15 is 0 Å². The van der Waals surface area contributed by atoms with E-state index in [1.807, 2.05) is 31.9 Å². The van der Waals surface area contributed by atoms with Gasteiger partial charge in [0.2, 0.25) is 5.91 Å². The lowest BCUT2D eigenvalue weighted by molar-refractivity contribution is -0.125. The number of nitrogens with zero attached hydrogens (tertiary/aromatic N) is 2. The number of aromatic nitrogens is 1. The number of aryl methyl sites for hydroxylation is 2. The molecule has 0 bridgehead atoms. The molecule has 1 rings (SSSR count). The van der Waals surface area contributed by atoms with Crippen molar-refractivity contribution in [3.8, 4) is 0 Å². The van der Waals surface area contributed by atoms with Gasteiger partial charge in [-0.15, -0.1) is 6.58 Å². The molecule has 0 saturated heterocycles. The smallest absolute Gasteiger partial charge is 0.237 e. The third-order valence-electron chi connectivity index (χ3n) is 3.02. The molecule has 19 heavy (non-hydrogen) atoms. The number of nitrogens with one attached hydrogen (secondary N) is 1. The van der Waals surface area contributed by atoms with Crippen LogP contribution in [-0.4, -0.2) is 35.4 Å². The lowest BCUT2D eigenvalue weighted by Crippen LogP contribution is -2.43. The van der Waals surface area contributed by atoms with Crippen LogP contribution in [0.3, 0.4) is 0 Å². The predicted octanol–water partition coefficient (Wildman–Crippen LogP) is 1.82. The van der Waals surface area contributed by atoms with Crippen molar-refractivity contribution in [2.24, 2.45) is 0 Å². The van der Waals surface area contributed by atoms with E-state index in [4.69, 9.17) is 0 Å². The monoisotopic (exact) mass is 261 g/mol. The summed E-state index contributed by atoms with van der Waals surface area (Å²) in [6.07, 6.45) is 1.68. The van der Waals surface area contributed by atoms with Gasteiger partial charge in [0.25, 0.3) is 0 Å². The minimum Gasteiger partial charge on any atom is -0.351 e. The van der Waals surface area contributed by atoms with Gasteiger partial charge in [0.05, 0.1) is 11.7 Å². The summed E-state index contributed by atoms with van der Waals surface area (Å²) in [6, 6.07) is 3.91. The second-order valence-corrected chi connectivity index (χ2v) is 4.90. The second kappa shape index (κ2) is 7.04. The van der Waals surface area contributed by atoms with Crippen LogP contribution < -0.4 is 5.32 Å². The lowest BCUT2D eigenvalue weighted by atomic mass is 10.2. The fourth-order valence-electron chi connectivity index (χ4n) is 1.92. The first-order valence-corrected chi connectivity index (χ1v) is 6.47. The summed E-state index contributed by atoms with van der Waals surface area (Å²) >= 11 is 0. The summed E-state index contributed by atoms with van der Waals surface area (Å²) in [5.41, 5.74) is 3.19. The molecule has 1 aromatic heterocycles. The van der Waals surface area contributed by atoms with Gasteiger partial charge in [-0.3, -0.25) is 14.7 Å². The maximum Gasteiger partial charge on any atom is 0.237 e. The van der Waals surface area contributed by atoms with E-state index in [9.17, 15) is 4.79 Å². The maximum absolute atomic E-state index is 11.8. The number of hydrogen-bond acceptors (Lipinski definition) is 3. The van der Waals surface area contributed by atoms with Gasteiger partial charge in [-0.25, -0.2) is 0 Å². The Hall–Kier alpha value is -1.68. The van der Waals surface area contributed by atoms with Crippen LogP contribution in [0.25, 0.3) is 0 Å². The third kappa shape index (κ3) is 4.83. The van der Waals surface area contributed by atoms with Crippen molar-refractivity contribution in [1.82, 2.24) is 15.2 Å². The van der Waals surface area contributed by atoms with Gasteiger partial charge in [-0.05, 0) is 45.5 Å². The molecular weight excluding hydrogens is 238 g/mol. The van der Waals surface area contributed by atoms with E-state index in [1.54, 1.807) is 6.08 Å². The first-order valence-electron chi connectivity index (χ1n) is 6.47. The molecule has 0 aliphatic heterocycles. The highest BCUT2D eigenvalue weighted by atomic mass is 16.2. The molecule has 1 amide bonds. The molecule has 1 unspecified atom stereocenters. The molecular formula is C15H23N3O. The molecule has 1 N–H and O–H groups in total. The van der Waals surface area contributed by atoms with Crippen molar-refractivity contribution in [2.75, 3.05) is 13.6 Å². The van der Waals surface area contributed by atoms with E-state index in [2.05, 4.69) is 29.9 Å². The van der Waals surface area contributed by atoms with Crippen LogP contribution >= 0.6 is 0 Å². The molecule has 4 heteroatoms. The van der Waals surface area contributed by atoms with Crippen LogP contribution in [0.15, 0.2) is 24.8 Å². The minimum absolute atomic E-state index is 0.00627. The van der Waals surface area contributed by atoms with Crippen LogP contribution in [0.4, 0.5) is 0 Å². The van der Waals surface area contributed by atoms with Gasteiger partial charge in [-0.2, -0.15) is 0 Å². The van der Waals surface area contributed by atoms with Crippen LogP contribution in [0, 0.1) is 13.8 Å². The molecule has 1 atom stereocenters. The van der Waals surface area contributed by atoms with Gasteiger partial charge in [0, 0.05) is 18.8 Å². The van der Waals surface area contributed by atoms with Crippen LogP contribution in [0.2, 0.25) is 0 Å². The normalized spacial score (nSPS) is 12.3. The van der Waals surface area contributed by atoms with Crippen molar-refractivity contribution in [3.63, 3.8) is 0 Å². The zero-order valence-electron chi connectivity index (χ0n) is 12.2. The zero-order chi connectivity index (χ0) is 14.4. The summed E-state index contributed by atoms with van der Waals surface area (Å²) < 4.78 is 0. The van der Waals surface area contributed by atoms with E-state index in [1.165, 1.54) is 5.56 Å². The summed E-state index contributed by atoms with van der Waals surface area (Å²) in [4.78, 5) is 18.3. The Morgan fingerprint density at radius 1 is 1.53 bits per heavy atom. The molecule has 0 spiro atoms. The van der Waals surface area contributed by atoms with Crippen LogP contribution in [0.5, 0.6) is 0 Å². The maximum atomic E-state index is 11.8. The van der Waals surface area contributed by atoms with Crippen molar-refractivity contribution >= 4 is 5.91 Å². The molecule has 104 valence electrons. The van der Waals surface area contributed by atoms with Gasteiger partial charge < -0.3 is 5.32 Å². The predicted molar refractivity (Wildman–Crippen MR) is 77.8 cm³/mol. The number of rotatable bonds is 6. The fraction of sp³-hybridized carbons (Fsp3) is 0.467. The third-order valence-corrected chi connectivity index (χ3v) is 3.02. The summed E-state index contributed by atoms with van der Waals surface area (Å²) in [5.74, 6) is 0.00627. The average molecular weight is 261 g/mol. The van der Waals surface area contributed by atoms with Crippen molar-refractivity contribution in [1.29, 1.82) is 0 Å². The number of amides is 1. The molecule has 0 radical (unpaired) electrons. The number of pyridine rings is 1. The summed E-state index contributed by atoms with van der Waals surface area (Å²) in [5, 5.41) is 2.80. The number of carbonyl (C=O) groups is 1. The number of likely N-dealkylation sites (N-methyl/N-ethyl adjacent to an activating group) is 1. The lowest BCUT2D eigenvalue weighted by Gasteiger charge is -2.23. The average Bonchev–Trinajstić information content (AvgIpc) is 2.33. The summed E-state index contributed by atoms with van der Waals surface area (Å²) in [6.45, 7) is 10.7. The van der Waals surface area contributed by atoms with Crippen molar-refractivity contribution in [2.45, 2.75) is 33.4 Å². The molecule has 4 nitrogen and oxygen atoms in total. The quantitative estimate of drug-likeness (QED) is 0.795. The fourth-order valence-corrected chi connectivity index (χ4v) is 1.92. The minimum atomic E-state index is -0.192. The van der Waals surface area contributed by atoms with Gasteiger partial charge in [0.1, 0.15) is 0 Å². The molecule has 1 heterocycles. The summed E-state index contributed by atoms with van der Waals surface area (Å²) in [7, 11) is 1.93. The first-order chi connectivity index (χ1) is 8.93. The molecule has 0 fully saturated rings. The number of hydrogen-bond donors (Lipinski definition) is 1. The van der Waals surface area contributed by atoms with E-state index < -0.39 is 0 Å². The number of carbonyl (C=O) groups excluding carboxylic acids is 1. The van der Waals surface area contributed by atoms with Crippen LogP contribution in [0.1, 0.15) is 23.9 Å².